The molecule has 0 amide bonds. The van der Waals surface area contributed by atoms with Crippen LogP contribution in [0, 0.1) is 5.92 Å². The van der Waals surface area contributed by atoms with E-state index in [9.17, 15) is 0 Å². The van der Waals surface area contributed by atoms with Gasteiger partial charge < -0.3 is 5.32 Å². The molecule has 1 atom stereocenters. The molecular formula is C15H14Cl2N2. The van der Waals surface area contributed by atoms with E-state index >= 15 is 0 Å². The van der Waals surface area contributed by atoms with Crippen molar-refractivity contribution in [1.82, 2.24) is 4.98 Å². The van der Waals surface area contributed by atoms with E-state index in [0.717, 1.165) is 10.7 Å². The maximum atomic E-state index is 6.18. The van der Waals surface area contributed by atoms with Crippen LogP contribution in [-0.4, -0.2) is 4.98 Å². The van der Waals surface area contributed by atoms with E-state index in [0.29, 0.717) is 10.9 Å². The summed E-state index contributed by atoms with van der Waals surface area (Å²) in [4.78, 5) is 4.12. The van der Waals surface area contributed by atoms with Crippen LogP contribution in [0.1, 0.15) is 24.4 Å². The van der Waals surface area contributed by atoms with Crippen molar-refractivity contribution in [2.45, 2.75) is 18.9 Å². The van der Waals surface area contributed by atoms with Gasteiger partial charge in [0.1, 0.15) is 0 Å². The van der Waals surface area contributed by atoms with E-state index < -0.39 is 0 Å². The fourth-order valence-electron chi connectivity index (χ4n) is 2.22. The molecule has 3 rings (SSSR count). The Labute approximate surface area is 122 Å². The molecule has 1 saturated carbocycles. The van der Waals surface area contributed by atoms with Crippen molar-refractivity contribution in [1.29, 1.82) is 0 Å². The van der Waals surface area contributed by atoms with Gasteiger partial charge in [0.05, 0.1) is 22.9 Å². The number of nitrogens with one attached hydrogen (secondary N) is 1. The molecule has 0 aliphatic heterocycles. The molecule has 1 aromatic heterocycles. The Morgan fingerprint density at radius 2 is 1.84 bits per heavy atom. The summed E-state index contributed by atoms with van der Waals surface area (Å²) in [6.07, 6.45) is 5.96. The van der Waals surface area contributed by atoms with Crippen molar-refractivity contribution >= 4 is 28.9 Å². The third-order valence-electron chi connectivity index (χ3n) is 3.40. The van der Waals surface area contributed by atoms with Gasteiger partial charge in [-0.2, -0.15) is 0 Å². The quantitative estimate of drug-likeness (QED) is 0.862. The largest absolute Gasteiger partial charge is 0.376 e. The molecule has 4 heteroatoms. The van der Waals surface area contributed by atoms with Crippen LogP contribution in [0.2, 0.25) is 10.0 Å². The Morgan fingerprint density at radius 3 is 2.47 bits per heavy atom. The first-order valence-corrected chi connectivity index (χ1v) is 7.11. The van der Waals surface area contributed by atoms with Crippen LogP contribution < -0.4 is 5.32 Å². The van der Waals surface area contributed by atoms with Crippen molar-refractivity contribution in [3.05, 3.63) is 58.3 Å². The zero-order valence-electron chi connectivity index (χ0n) is 10.3. The Hall–Kier alpha value is -1.25. The third-order valence-corrected chi connectivity index (χ3v) is 3.98. The predicted octanol–water partition coefficient (Wildman–Crippen LogP) is 4.95. The van der Waals surface area contributed by atoms with Gasteiger partial charge >= 0.3 is 0 Å². The number of halogens is 2. The van der Waals surface area contributed by atoms with E-state index in [-0.39, 0.29) is 6.04 Å². The molecule has 19 heavy (non-hydrogen) atoms. The summed E-state index contributed by atoms with van der Waals surface area (Å²) in [7, 11) is 0. The smallest absolute Gasteiger partial charge is 0.0720 e. The van der Waals surface area contributed by atoms with E-state index in [1.54, 1.807) is 18.5 Å². The van der Waals surface area contributed by atoms with Crippen LogP contribution in [0.3, 0.4) is 0 Å². The molecule has 1 unspecified atom stereocenters. The van der Waals surface area contributed by atoms with Gasteiger partial charge in [-0.25, -0.2) is 0 Å². The molecule has 0 radical (unpaired) electrons. The van der Waals surface area contributed by atoms with Crippen LogP contribution >= 0.6 is 23.2 Å². The van der Waals surface area contributed by atoms with Gasteiger partial charge in [-0.1, -0.05) is 35.3 Å². The van der Waals surface area contributed by atoms with Crippen LogP contribution in [0.4, 0.5) is 5.69 Å². The summed E-state index contributed by atoms with van der Waals surface area (Å²) in [5, 5.41) is 4.97. The normalized spacial score (nSPS) is 16.1. The molecule has 0 spiro atoms. The lowest BCUT2D eigenvalue weighted by Crippen LogP contribution is -2.13. The number of pyridine rings is 1. The van der Waals surface area contributed by atoms with Gasteiger partial charge in [0.25, 0.3) is 0 Å². The standard InChI is InChI=1S/C15H14Cl2N2/c16-12-5-3-11(4-6-12)15(10-1-2-10)19-14-9-18-8-7-13(14)17/h3-10,15,19H,1-2H2. The monoisotopic (exact) mass is 292 g/mol. The average Bonchev–Trinajstić information content (AvgIpc) is 3.24. The summed E-state index contributed by atoms with van der Waals surface area (Å²) in [5.74, 6) is 0.664. The third kappa shape index (κ3) is 3.02. The highest BCUT2D eigenvalue weighted by Crippen LogP contribution is 2.43. The molecule has 0 saturated heterocycles. The lowest BCUT2D eigenvalue weighted by atomic mass is 10.0. The summed E-state index contributed by atoms with van der Waals surface area (Å²) in [5.41, 5.74) is 2.13. The first-order chi connectivity index (χ1) is 9.24. The maximum Gasteiger partial charge on any atom is 0.0720 e. The van der Waals surface area contributed by atoms with Gasteiger partial charge in [-0.05, 0) is 42.5 Å². The van der Waals surface area contributed by atoms with Crippen molar-refractivity contribution < 1.29 is 0 Å². The van der Waals surface area contributed by atoms with Crippen LogP contribution in [-0.2, 0) is 0 Å². The lowest BCUT2D eigenvalue weighted by Gasteiger charge is -2.20. The Bertz CT molecular complexity index is 565. The maximum absolute atomic E-state index is 6.18. The first-order valence-electron chi connectivity index (χ1n) is 6.35. The Balaban J connectivity index is 1.86. The number of aromatic nitrogens is 1. The zero-order valence-corrected chi connectivity index (χ0v) is 11.8. The summed E-state index contributed by atoms with van der Waals surface area (Å²) in [6.45, 7) is 0. The minimum Gasteiger partial charge on any atom is -0.376 e. The molecule has 98 valence electrons. The zero-order chi connectivity index (χ0) is 13.2. The fourth-order valence-corrected chi connectivity index (χ4v) is 2.51. The molecule has 1 aliphatic carbocycles. The summed E-state index contributed by atoms with van der Waals surface area (Å²) < 4.78 is 0. The minimum absolute atomic E-state index is 0.277. The highest BCUT2D eigenvalue weighted by Gasteiger charge is 2.32. The Kier molecular flexibility index (Phi) is 3.63. The molecule has 1 N–H and O–H groups in total. The molecule has 1 aromatic carbocycles. The average molecular weight is 293 g/mol. The highest BCUT2D eigenvalue weighted by molar-refractivity contribution is 6.33. The second-order valence-electron chi connectivity index (χ2n) is 4.87. The van der Waals surface area contributed by atoms with E-state index in [4.69, 9.17) is 23.2 Å². The highest BCUT2D eigenvalue weighted by atomic mass is 35.5. The van der Waals surface area contributed by atoms with E-state index in [1.807, 2.05) is 12.1 Å². The Morgan fingerprint density at radius 1 is 1.11 bits per heavy atom. The van der Waals surface area contributed by atoms with E-state index in [2.05, 4.69) is 22.4 Å². The van der Waals surface area contributed by atoms with Gasteiger partial charge in [-0.15, -0.1) is 0 Å². The summed E-state index contributed by atoms with van der Waals surface area (Å²) >= 11 is 12.1. The van der Waals surface area contributed by atoms with Gasteiger partial charge in [0.15, 0.2) is 0 Å². The number of benzene rings is 1. The molecular weight excluding hydrogens is 279 g/mol. The number of anilines is 1. The molecule has 0 bridgehead atoms. The molecule has 1 aliphatic rings. The van der Waals surface area contributed by atoms with Crippen LogP contribution in [0.15, 0.2) is 42.7 Å². The van der Waals surface area contributed by atoms with Crippen molar-refractivity contribution in [2.24, 2.45) is 5.92 Å². The molecule has 2 aromatic rings. The number of hydrogen-bond acceptors (Lipinski definition) is 2. The number of rotatable bonds is 4. The fraction of sp³-hybridized carbons (Fsp3) is 0.267. The topological polar surface area (TPSA) is 24.9 Å². The molecule has 1 fully saturated rings. The van der Waals surface area contributed by atoms with Gasteiger partial charge in [0.2, 0.25) is 0 Å². The summed E-state index contributed by atoms with van der Waals surface area (Å²) in [6, 6.07) is 10.1. The van der Waals surface area contributed by atoms with Crippen molar-refractivity contribution in [3.8, 4) is 0 Å². The van der Waals surface area contributed by atoms with Crippen molar-refractivity contribution in [3.63, 3.8) is 0 Å². The van der Waals surface area contributed by atoms with Crippen LogP contribution in [0.5, 0.6) is 0 Å². The van der Waals surface area contributed by atoms with Crippen molar-refractivity contribution in [2.75, 3.05) is 5.32 Å². The second kappa shape index (κ2) is 5.40. The van der Waals surface area contributed by atoms with Gasteiger partial charge in [-0.3, -0.25) is 4.98 Å². The number of hydrogen-bond donors (Lipinski definition) is 1. The lowest BCUT2D eigenvalue weighted by molar-refractivity contribution is 0.678. The van der Waals surface area contributed by atoms with Gasteiger partial charge in [0, 0.05) is 11.2 Å². The SMILES string of the molecule is Clc1ccc(C(Nc2cnccc2Cl)C2CC2)cc1. The molecule has 1 heterocycles. The predicted molar refractivity (Wildman–Crippen MR) is 79.8 cm³/mol. The first kappa shape index (κ1) is 12.8. The van der Waals surface area contributed by atoms with Crippen LogP contribution in [0.25, 0.3) is 0 Å². The second-order valence-corrected chi connectivity index (χ2v) is 5.71. The number of nitrogens with zero attached hydrogens (tertiary/aromatic N) is 1. The molecule has 2 nitrogen and oxygen atoms in total. The minimum atomic E-state index is 0.277. The van der Waals surface area contributed by atoms with E-state index in [1.165, 1.54) is 18.4 Å².